The predicted octanol–water partition coefficient (Wildman–Crippen LogP) is 0.900. The van der Waals surface area contributed by atoms with E-state index >= 15 is 0 Å². The Bertz CT molecular complexity index is 896. The number of carbonyl (C=O) groups excluding carboxylic acids is 1. The van der Waals surface area contributed by atoms with Gasteiger partial charge in [-0.05, 0) is 36.4 Å². The van der Waals surface area contributed by atoms with Gasteiger partial charge in [0.15, 0.2) is 0 Å². The van der Waals surface area contributed by atoms with E-state index in [1.807, 2.05) is 4.72 Å². The van der Waals surface area contributed by atoms with Crippen molar-refractivity contribution in [1.29, 1.82) is 0 Å². The first-order valence-corrected chi connectivity index (χ1v) is 8.35. The van der Waals surface area contributed by atoms with Crippen LogP contribution < -0.4 is 9.38 Å². The SMILES string of the molecule is COC(=O)c1c(F)cc(NS(=O)(=O)c2ccc(OB(O)O)cc2)cc1F. The summed E-state index contributed by atoms with van der Waals surface area (Å²) in [5, 5.41) is 17.3. The van der Waals surface area contributed by atoms with Crippen LogP contribution in [0.15, 0.2) is 41.3 Å². The number of hydrogen-bond donors (Lipinski definition) is 3. The molecule has 0 saturated carbocycles. The number of sulfonamides is 1. The van der Waals surface area contributed by atoms with Gasteiger partial charge in [-0.25, -0.2) is 22.0 Å². The van der Waals surface area contributed by atoms with Crippen molar-refractivity contribution in [2.45, 2.75) is 4.90 Å². The molecule has 0 heterocycles. The smallest absolute Gasteiger partial charge is 0.512 e. The highest BCUT2D eigenvalue weighted by atomic mass is 32.2. The third-order valence-corrected chi connectivity index (χ3v) is 4.46. The Labute approximate surface area is 147 Å². The van der Waals surface area contributed by atoms with Crippen LogP contribution in [0.2, 0.25) is 0 Å². The lowest BCUT2D eigenvalue weighted by Gasteiger charge is -2.11. The fourth-order valence-corrected chi connectivity index (χ4v) is 3.00. The molecule has 2 aromatic rings. The molecule has 0 aliphatic rings. The Morgan fingerprint density at radius 3 is 2.12 bits per heavy atom. The average molecular weight is 387 g/mol. The van der Waals surface area contributed by atoms with Crippen LogP contribution in [0.4, 0.5) is 14.5 Å². The molecule has 3 N–H and O–H groups in total. The van der Waals surface area contributed by atoms with Crippen LogP contribution in [0.25, 0.3) is 0 Å². The lowest BCUT2D eigenvalue weighted by Crippen LogP contribution is -2.20. The first kappa shape index (κ1) is 19.6. The number of rotatable bonds is 6. The molecule has 0 aliphatic heterocycles. The molecule has 26 heavy (non-hydrogen) atoms. The van der Waals surface area contributed by atoms with E-state index in [1.165, 1.54) is 0 Å². The number of carbonyl (C=O) groups is 1. The first-order chi connectivity index (χ1) is 12.1. The minimum Gasteiger partial charge on any atom is -0.512 e. The van der Waals surface area contributed by atoms with Crippen LogP contribution in [0.1, 0.15) is 10.4 Å². The molecule has 0 aromatic heterocycles. The molecule has 0 amide bonds. The molecule has 12 heteroatoms. The summed E-state index contributed by atoms with van der Waals surface area (Å²) in [7, 11) is -5.34. The molecule has 0 saturated heterocycles. The van der Waals surface area contributed by atoms with E-state index < -0.39 is 46.2 Å². The quantitative estimate of drug-likeness (QED) is 0.497. The number of nitrogens with one attached hydrogen (secondary N) is 1. The monoisotopic (exact) mass is 387 g/mol. The van der Waals surface area contributed by atoms with Crippen LogP contribution in [0.3, 0.4) is 0 Å². The highest BCUT2D eigenvalue weighted by Crippen LogP contribution is 2.23. The Kier molecular flexibility index (Phi) is 5.80. The summed E-state index contributed by atoms with van der Waals surface area (Å²) in [6.07, 6.45) is 0. The van der Waals surface area contributed by atoms with Gasteiger partial charge in [0.05, 0.1) is 17.7 Å². The molecular weight excluding hydrogens is 375 g/mol. The molecule has 0 atom stereocenters. The second kappa shape index (κ2) is 7.68. The number of halogens is 2. The zero-order chi connectivity index (χ0) is 19.5. The van der Waals surface area contributed by atoms with E-state index in [4.69, 9.17) is 10.0 Å². The van der Waals surface area contributed by atoms with Gasteiger partial charge in [-0.3, -0.25) is 4.72 Å². The van der Waals surface area contributed by atoms with E-state index in [0.29, 0.717) is 12.1 Å². The van der Waals surface area contributed by atoms with Gasteiger partial charge in [-0.1, -0.05) is 0 Å². The van der Waals surface area contributed by atoms with Crippen molar-refractivity contribution in [1.82, 2.24) is 0 Å². The Balaban J connectivity index is 2.28. The summed E-state index contributed by atoms with van der Waals surface area (Å²) in [5.41, 5.74) is -1.39. The third kappa shape index (κ3) is 4.47. The van der Waals surface area contributed by atoms with Gasteiger partial charge in [0, 0.05) is 0 Å². The van der Waals surface area contributed by atoms with Crippen molar-refractivity contribution in [3.63, 3.8) is 0 Å². The zero-order valence-electron chi connectivity index (χ0n) is 13.1. The Morgan fingerprint density at radius 1 is 1.12 bits per heavy atom. The molecule has 0 fully saturated rings. The minimum absolute atomic E-state index is 0.0153. The maximum absolute atomic E-state index is 13.9. The summed E-state index contributed by atoms with van der Waals surface area (Å²) >= 11 is 0. The van der Waals surface area contributed by atoms with Gasteiger partial charge in [-0.2, -0.15) is 0 Å². The predicted molar refractivity (Wildman–Crippen MR) is 85.8 cm³/mol. The van der Waals surface area contributed by atoms with Crippen molar-refractivity contribution >= 4 is 29.0 Å². The maximum atomic E-state index is 13.9. The van der Waals surface area contributed by atoms with E-state index in [1.54, 1.807) is 0 Å². The molecule has 0 radical (unpaired) electrons. The van der Waals surface area contributed by atoms with E-state index in [2.05, 4.69) is 9.39 Å². The second-order valence-corrected chi connectivity index (χ2v) is 6.51. The van der Waals surface area contributed by atoms with E-state index in [9.17, 15) is 22.0 Å². The highest BCUT2D eigenvalue weighted by Gasteiger charge is 2.22. The maximum Gasteiger partial charge on any atom is 0.707 e. The van der Waals surface area contributed by atoms with Gasteiger partial charge in [0.2, 0.25) is 0 Å². The summed E-state index contributed by atoms with van der Waals surface area (Å²) in [4.78, 5) is 11.0. The van der Waals surface area contributed by atoms with Crippen molar-refractivity contribution in [2.24, 2.45) is 0 Å². The number of benzene rings is 2. The van der Waals surface area contributed by atoms with Crippen LogP contribution in [0, 0.1) is 11.6 Å². The van der Waals surface area contributed by atoms with Crippen molar-refractivity contribution in [2.75, 3.05) is 11.8 Å². The second-order valence-electron chi connectivity index (χ2n) is 4.83. The normalized spacial score (nSPS) is 11.0. The van der Waals surface area contributed by atoms with E-state index in [0.717, 1.165) is 31.4 Å². The minimum atomic E-state index is -4.21. The molecule has 2 aromatic carbocycles. The lowest BCUT2D eigenvalue weighted by atomic mass is 10.2. The zero-order valence-corrected chi connectivity index (χ0v) is 14.0. The number of esters is 1. The number of hydrogen-bond acceptors (Lipinski definition) is 7. The third-order valence-electron chi connectivity index (χ3n) is 3.06. The standard InChI is InChI=1S/C14H12BF2NO7S/c1-24-14(19)13-11(16)6-8(7-12(13)17)18-26(22,23)10-4-2-9(3-5-10)25-15(20)21/h2-7,18,20-21H,1H3. The summed E-state index contributed by atoms with van der Waals surface area (Å²) < 4.78 is 62.9. The first-order valence-electron chi connectivity index (χ1n) is 6.87. The molecule has 0 unspecified atom stereocenters. The number of methoxy groups -OCH3 is 1. The number of anilines is 1. The molecule has 0 spiro atoms. The van der Waals surface area contributed by atoms with Crippen LogP contribution in [-0.4, -0.2) is 38.9 Å². The van der Waals surface area contributed by atoms with Gasteiger partial charge in [0.1, 0.15) is 22.9 Å². The highest BCUT2D eigenvalue weighted by molar-refractivity contribution is 7.92. The fraction of sp³-hybridized carbons (Fsp3) is 0.0714. The molecular formula is C14H12BF2NO7S. The Hall–Kier alpha value is -2.70. The molecule has 8 nitrogen and oxygen atoms in total. The Morgan fingerprint density at radius 2 is 1.65 bits per heavy atom. The molecule has 2 rings (SSSR count). The molecule has 0 aliphatic carbocycles. The molecule has 0 bridgehead atoms. The fourth-order valence-electron chi connectivity index (χ4n) is 1.96. The topological polar surface area (TPSA) is 122 Å². The molecule has 138 valence electrons. The van der Waals surface area contributed by atoms with Crippen molar-refractivity contribution in [3.8, 4) is 5.75 Å². The van der Waals surface area contributed by atoms with Crippen LogP contribution in [-0.2, 0) is 14.8 Å². The van der Waals surface area contributed by atoms with Gasteiger partial charge >= 0.3 is 13.3 Å². The number of ether oxygens (including phenoxy) is 1. The van der Waals surface area contributed by atoms with Gasteiger partial charge in [0.25, 0.3) is 10.0 Å². The summed E-state index contributed by atoms with van der Waals surface area (Å²) in [5.74, 6) is -3.85. The largest absolute Gasteiger partial charge is 0.707 e. The van der Waals surface area contributed by atoms with Crippen LogP contribution >= 0.6 is 0 Å². The summed E-state index contributed by atoms with van der Waals surface area (Å²) in [6.45, 7) is 0. The van der Waals surface area contributed by atoms with Crippen molar-refractivity contribution in [3.05, 3.63) is 53.6 Å². The average Bonchev–Trinajstić information content (AvgIpc) is 2.53. The van der Waals surface area contributed by atoms with E-state index in [-0.39, 0.29) is 10.6 Å². The summed E-state index contributed by atoms with van der Waals surface area (Å²) in [6, 6.07) is 5.72. The lowest BCUT2D eigenvalue weighted by molar-refractivity contribution is 0.0590. The van der Waals surface area contributed by atoms with Crippen molar-refractivity contribution < 1.29 is 41.4 Å². The van der Waals surface area contributed by atoms with Gasteiger partial charge in [-0.15, -0.1) is 0 Å². The van der Waals surface area contributed by atoms with Gasteiger partial charge < -0.3 is 19.4 Å². The van der Waals surface area contributed by atoms with Crippen LogP contribution in [0.5, 0.6) is 5.75 Å².